The van der Waals surface area contributed by atoms with Gasteiger partial charge in [-0.3, -0.25) is 0 Å². The quantitative estimate of drug-likeness (QED) is 0.316. The smallest absolute Gasteiger partial charge is 0.184 e. The number of benzene rings is 3. The molecule has 3 N–H and O–H groups in total. The van der Waals surface area contributed by atoms with Crippen molar-refractivity contribution in [1.29, 1.82) is 0 Å². The van der Waals surface area contributed by atoms with Crippen molar-refractivity contribution in [3.8, 4) is 11.1 Å². The molecule has 0 saturated carbocycles. The topological polar surface area (TPSA) is 82.5 Å². The fourth-order valence-electron chi connectivity index (χ4n) is 4.42. The van der Waals surface area contributed by atoms with E-state index in [0.717, 1.165) is 50.7 Å². The highest BCUT2D eigenvalue weighted by molar-refractivity contribution is 7.99. The highest BCUT2D eigenvalue weighted by Crippen LogP contribution is 2.40. The first-order valence-electron chi connectivity index (χ1n) is 12.1. The molecule has 1 saturated heterocycles. The molecule has 0 aliphatic carbocycles. The maximum Gasteiger partial charge on any atom is 0.184 e. The molecule has 0 bridgehead atoms. The highest BCUT2D eigenvalue weighted by Gasteiger charge is 2.32. The summed E-state index contributed by atoms with van der Waals surface area (Å²) in [5.41, 5.74) is 12.1. The van der Waals surface area contributed by atoms with E-state index in [2.05, 4.69) is 35.3 Å². The van der Waals surface area contributed by atoms with Crippen molar-refractivity contribution in [3.63, 3.8) is 0 Å². The van der Waals surface area contributed by atoms with Gasteiger partial charge in [0.2, 0.25) is 0 Å². The Morgan fingerprint density at radius 2 is 1.75 bits per heavy atom. The standard InChI is InChI=1S/C29H31N3O3S/c1-32-13-12-31-29(32)36-19-26-16-27(22-10-8-20(18-33)9-11-22)35-28(34-26)25-7-3-6-24(15-25)23-5-2-4-21(14-23)17-30/h2-15,26-28,33H,16-19,30H2,1H3/t26-,27+,28+/m1/s1. The first kappa shape index (κ1) is 24.7. The van der Waals surface area contributed by atoms with Crippen LogP contribution in [0, 0.1) is 0 Å². The van der Waals surface area contributed by atoms with Gasteiger partial charge >= 0.3 is 0 Å². The third-order valence-electron chi connectivity index (χ3n) is 6.45. The summed E-state index contributed by atoms with van der Waals surface area (Å²) < 4.78 is 15.0. The predicted octanol–water partition coefficient (Wildman–Crippen LogP) is 5.38. The number of nitrogens with two attached hydrogens (primary N) is 1. The first-order valence-corrected chi connectivity index (χ1v) is 13.1. The fraction of sp³-hybridized carbons (Fsp3) is 0.276. The summed E-state index contributed by atoms with van der Waals surface area (Å²) in [6.45, 7) is 0.535. The molecule has 3 atom stereocenters. The Balaban J connectivity index is 1.41. The minimum absolute atomic E-state index is 0.0165. The zero-order chi connectivity index (χ0) is 24.9. The first-order chi connectivity index (χ1) is 17.6. The van der Waals surface area contributed by atoms with Crippen molar-refractivity contribution in [2.45, 2.75) is 43.2 Å². The Morgan fingerprint density at radius 1 is 0.972 bits per heavy atom. The van der Waals surface area contributed by atoms with Gasteiger partial charge in [-0.15, -0.1) is 0 Å². The van der Waals surface area contributed by atoms with E-state index in [0.29, 0.717) is 6.54 Å². The van der Waals surface area contributed by atoms with Crippen LogP contribution in [-0.4, -0.2) is 26.5 Å². The molecule has 186 valence electrons. The Kier molecular flexibility index (Phi) is 7.84. The minimum atomic E-state index is -0.495. The van der Waals surface area contributed by atoms with Crippen LogP contribution in [0.15, 0.2) is 90.3 Å². The van der Waals surface area contributed by atoms with Crippen LogP contribution < -0.4 is 5.73 Å². The third-order valence-corrected chi connectivity index (χ3v) is 7.64. The predicted molar refractivity (Wildman–Crippen MR) is 142 cm³/mol. The molecule has 4 aromatic rings. The molecule has 0 spiro atoms. The minimum Gasteiger partial charge on any atom is -0.392 e. The number of aromatic nitrogens is 2. The number of hydrogen-bond acceptors (Lipinski definition) is 6. The number of aliphatic hydroxyl groups is 1. The summed E-state index contributed by atoms with van der Waals surface area (Å²) in [6.07, 6.45) is 3.87. The molecule has 36 heavy (non-hydrogen) atoms. The second kappa shape index (κ2) is 11.4. The summed E-state index contributed by atoms with van der Waals surface area (Å²) in [5.74, 6) is 0.772. The van der Waals surface area contributed by atoms with E-state index in [4.69, 9.17) is 15.2 Å². The van der Waals surface area contributed by atoms with Crippen LogP contribution in [0.25, 0.3) is 11.1 Å². The van der Waals surface area contributed by atoms with Gasteiger partial charge in [-0.1, -0.05) is 72.4 Å². The molecule has 3 aromatic carbocycles. The molecule has 0 radical (unpaired) electrons. The lowest BCUT2D eigenvalue weighted by molar-refractivity contribution is -0.245. The van der Waals surface area contributed by atoms with E-state index >= 15 is 0 Å². The van der Waals surface area contributed by atoms with Gasteiger partial charge in [-0.2, -0.15) is 0 Å². The largest absolute Gasteiger partial charge is 0.392 e. The summed E-state index contributed by atoms with van der Waals surface area (Å²) in [6, 6.07) is 24.6. The number of imidazole rings is 1. The summed E-state index contributed by atoms with van der Waals surface area (Å²) in [7, 11) is 2.00. The second-order valence-electron chi connectivity index (χ2n) is 9.01. The lowest BCUT2D eigenvalue weighted by atomic mass is 9.99. The van der Waals surface area contributed by atoms with Gasteiger partial charge < -0.3 is 24.9 Å². The van der Waals surface area contributed by atoms with Crippen LogP contribution in [0.4, 0.5) is 0 Å². The van der Waals surface area contributed by atoms with Crippen LogP contribution in [0.2, 0.25) is 0 Å². The van der Waals surface area contributed by atoms with Crippen LogP contribution in [0.1, 0.15) is 41.1 Å². The van der Waals surface area contributed by atoms with Gasteiger partial charge in [0.1, 0.15) is 0 Å². The molecule has 0 unspecified atom stereocenters. The number of nitrogens with zero attached hydrogens (tertiary/aromatic N) is 2. The van der Waals surface area contributed by atoms with Crippen molar-refractivity contribution < 1.29 is 14.6 Å². The molecule has 0 amide bonds. The van der Waals surface area contributed by atoms with Crippen LogP contribution in [0.3, 0.4) is 0 Å². The van der Waals surface area contributed by atoms with Crippen molar-refractivity contribution in [1.82, 2.24) is 9.55 Å². The fourth-order valence-corrected chi connectivity index (χ4v) is 5.37. The lowest BCUT2D eigenvalue weighted by Gasteiger charge is -2.36. The maximum absolute atomic E-state index is 9.44. The number of rotatable bonds is 8. The molecular formula is C29H31N3O3S. The average molecular weight is 502 g/mol. The molecule has 1 aromatic heterocycles. The van der Waals surface area contributed by atoms with Crippen molar-refractivity contribution in [2.75, 3.05) is 5.75 Å². The summed E-state index contributed by atoms with van der Waals surface area (Å²) in [4.78, 5) is 4.44. The van der Waals surface area contributed by atoms with E-state index in [-0.39, 0.29) is 18.8 Å². The van der Waals surface area contributed by atoms with Crippen LogP contribution in [0.5, 0.6) is 0 Å². The van der Waals surface area contributed by atoms with E-state index < -0.39 is 6.29 Å². The molecule has 1 aliphatic heterocycles. The van der Waals surface area contributed by atoms with Gasteiger partial charge in [0.15, 0.2) is 11.4 Å². The third kappa shape index (κ3) is 5.72. The van der Waals surface area contributed by atoms with E-state index in [1.807, 2.05) is 66.5 Å². The SMILES string of the molecule is Cn1ccnc1SC[C@H]1C[C@@H](c2ccc(CO)cc2)O[C@@H](c2cccc(-c3cccc(CN)c3)c2)O1. The highest BCUT2D eigenvalue weighted by atomic mass is 32.2. The molecular weight excluding hydrogens is 470 g/mol. The van der Waals surface area contributed by atoms with Crippen LogP contribution >= 0.6 is 11.8 Å². The van der Waals surface area contributed by atoms with E-state index in [1.54, 1.807) is 11.8 Å². The molecule has 1 aliphatic rings. The van der Waals surface area contributed by atoms with Gasteiger partial charge in [0.05, 0.1) is 18.8 Å². The van der Waals surface area contributed by atoms with Gasteiger partial charge in [0, 0.05) is 43.7 Å². The van der Waals surface area contributed by atoms with Gasteiger partial charge in [-0.05, 0) is 39.9 Å². The Labute approximate surface area is 216 Å². The molecule has 5 rings (SSSR count). The zero-order valence-electron chi connectivity index (χ0n) is 20.3. The van der Waals surface area contributed by atoms with Crippen molar-refractivity contribution >= 4 is 11.8 Å². The molecule has 1 fully saturated rings. The Hall–Kier alpha value is -2.94. The lowest BCUT2D eigenvalue weighted by Crippen LogP contribution is -2.31. The molecule has 2 heterocycles. The number of aliphatic hydroxyl groups excluding tert-OH is 1. The molecule has 7 heteroatoms. The van der Waals surface area contributed by atoms with Crippen LogP contribution in [-0.2, 0) is 29.7 Å². The number of hydrogen-bond donors (Lipinski definition) is 2. The number of thioether (sulfide) groups is 1. The van der Waals surface area contributed by atoms with Gasteiger partial charge in [0.25, 0.3) is 0 Å². The monoisotopic (exact) mass is 501 g/mol. The van der Waals surface area contributed by atoms with Gasteiger partial charge in [-0.25, -0.2) is 4.98 Å². The normalized spacial score (nSPS) is 19.9. The Morgan fingerprint density at radius 3 is 2.47 bits per heavy atom. The Bertz CT molecular complexity index is 1290. The van der Waals surface area contributed by atoms with Crippen molar-refractivity contribution in [3.05, 3.63) is 107 Å². The number of aryl methyl sites for hydroxylation is 1. The summed E-state index contributed by atoms with van der Waals surface area (Å²) in [5, 5.41) is 10.4. The average Bonchev–Trinajstić information content (AvgIpc) is 3.36. The van der Waals surface area contributed by atoms with Crippen molar-refractivity contribution in [2.24, 2.45) is 12.8 Å². The second-order valence-corrected chi connectivity index (χ2v) is 10.00. The maximum atomic E-state index is 9.44. The van der Waals surface area contributed by atoms with E-state index in [1.165, 1.54) is 0 Å². The number of ether oxygens (including phenoxy) is 2. The molecule has 6 nitrogen and oxygen atoms in total. The zero-order valence-corrected chi connectivity index (χ0v) is 21.1. The van der Waals surface area contributed by atoms with E-state index in [9.17, 15) is 5.11 Å². The summed E-state index contributed by atoms with van der Waals surface area (Å²) >= 11 is 1.69.